The van der Waals surface area contributed by atoms with E-state index < -0.39 is 12.0 Å². The molecule has 1 heterocycles. The van der Waals surface area contributed by atoms with Gasteiger partial charge in [0.2, 0.25) is 5.91 Å². The summed E-state index contributed by atoms with van der Waals surface area (Å²) >= 11 is 0. The van der Waals surface area contributed by atoms with Crippen LogP contribution in [-0.4, -0.2) is 59.0 Å². The number of carboxylic acid groups (broad SMARTS) is 1. The molecule has 0 saturated carbocycles. The first kappa shape index (κ1) is 13.7. The van der Waals surface area contributed by atoms with E-state index in [1.54, 1.807) is 17.9 Å². The van der Waals surface area contributed by atoms with E-state index in [0.29, 0.717) is 26.2 Å². The van der Waals surface area contributed by atoms with Crippen molar-refractivity contribution >= 4 is 11.9 Å². The van der Waals surface area contributed by atoms with Crippen LogP contribution in [0.5, 0.6) is 0 Å². The Labute approximate surface area is 102 Å². The van der Waals surface area contributed by atoms with Gasteiger partial charge in [-0.1, -0.05) is 5.57 Å². The van der Waals surface area contributed by atoms with Crippen LogP contribution in [-0.2, 0) is 9.59 Å². The van der Waals surface area contributed by atoms with E-state index in [2.05, 4.69) is 0 Å². The topological polar surface area (TPSA) is 60.9 Å². The van der Waals surface area contributed by atoms with Crippen molar-refractivity contribution < 1.29 is 14.7 Å². The maximum atomic E-state index is 11.7. The molecule has 1 atom stereocenters. The molecule has 0 aromatic heterocycles. The highest BCUT2D eigenvalue weighted by atomic mass is 16.4. The summed E-state index contributed by atoms with van der Waals surface area (Å²) in [5, 5.41) is 8.90. The average molecular weight is 240 g/mol. The number of hydrogen-bond acceptors (Lipinski definition) is 3. The predicted octanol–water partition coefficient (Wildman–Crippen LogP) is 0.570. The van der Waals surface area contributed by atoms with Crippen molar-refractivity contribution in [3.8, 4) is 0 Å². The Bertz CT molecular complexity index is 327. The summed E-state index contributed by atoms with van der Waals surface area (Å²) in [7, 11) is 0. The fourth-order valence-corrected chi connectivity index (χ4v) is 1.82. The van der Waals surface area contributed by atoms with Crippen LogP contribution in [0.3, 0.4) is 0 Å². The molecule has 5 nitrogen and oxygen atoms in total. The van der Waals surface area contributed by atoms with Crippen molar-refractivity contribution in [2.24, 2.45) is 0 Å². The van der Waals surface area contributed by atoms with E-state index in [4.69, 9.17) is 5.11 Å². The minimum absolute atomic E-state index is 0.0210. The third-order valence-electron chi connectivity index (χ3n) is 2.94. The molecule has 0 aliphatic carbocycles. The molecule has 1 amide bonds. The van der Waals surface area contributed by atoms with Crippen LogP contribution < -0.4 is 0 Å². The summed E-state index contributed by atoms with van der Waals surface area (Å²) in [5.74, 6) is -0.790. The summed E-state index contributed by atoms with van der Waals surface area (Å²) < 4.78 is 0. The van der Waals surface area contributed by atoms with Gasteiger partial charge in [0.25, 0.3) is 0 Å². The van der Waals surface area contributed by atoms with Crippen LogP contribution in [0.2, 0.25) is 0 Å². The van der Waals surface area contributed by atoms with Crippen LogP contribution in [0.4, 0.5) is 0 Å². The number of piperazine rings is 1. The first-order valence-corrected chi connectivity index (χ1v) is 5.82. The van der Waals surface area contributed by atoms with Gasteiger partial charge in [0.05, 0.1) is 0 Å². The lowest BCUT2D eigenvalue weighted by Crippen LogP contribution is -2.52. The summed E-state index contributed by atoms with van der Waals surface area (Å²) in [4.78, 5) is 26.2. The Hall–Kier alpha value is -1.36. The molecule has 0 spiro atoms. The van der Waals surface area contributed by atoms with Crippen LogP contribution in [0.25, 0.3) is 0 Å². The molecule has 1 fully saturated rings. The molecule has 96 valence electrons. The van der Waals surface area contributed by atoms with Gasteiger partial charge in [0, 0.05) is 32.3 Å². The standard InChI is InChI=1S/C12H20N2O3/c1-9(2)8-11(15)14-6-4-13(5-7-14)10(3)12(16)17/h8,10H,4-7H2,1-3H3,(H,16,17). The van der Waals surface area contributed by atoms with Crippen LogP contribution in [0.1, 0.15) is 20.8 Å². The van der Waals surface area contributed by atoms with Crippen molar-refractivity contribution in [3.05, 3.63) is 11.6 Å². The van der Waals surface area contributed by atoms with Crippen LogP contribution in [0.15, 0.2) is 11.6 Å². The quantitative estimate of drug-likeness (QED) is 0.733. The maximum absolute atomic E-state index is 11.7. The number of aliphatic carboxylic acids is 1. The highest BCUT2D eigenvalue weighted by Crippen LogP contribution is 2.07. The fourth-order valence-electron chi connectivity index (χ4n) is 1.82. The van der Waals surface area contributed by atoms with Gasteiger partial charge < -0.3 is 10.0 Å². The van der Waals surface area contributed by atoms with E-state index in [1.807, 2.05) is 18.7 Å². The number of hydrogen-bond donors (Lipinski definition) is 1. The smallest absolute Gasteiger partial charge is 0.320 e. The predicted molar refractivity (Wildman–Crippen MR) is 64.7 cm³/mol. The molecule has 1 aliphatic rings. The minimum atomic E-state index is -0.811. The Morgan fingerprint density at radius 3 is 2.12 bits per heavy atom. The van der Waals surface area contributed by atoms with E-state index in [9.17, 15) is 9.59 Å². The Morgan fingerprint density at radius 2 is 1.71 bits per heavy atom. The van der Waals surface area contributed by atoms with Crippen molar-refractivity contribution in [3.63, 3.8) is 0 Å². The van der Waals surface area contributed by atoms with Crippen molar-refractivity contribution in [1.29, 1.82) is 0 Å². The van der Waals surface area contributed by atoms with Crippen LogP contribution in [0, 0.1) is 0 Å². The molecule has 5 heteroatoms. The zero-order chi connectivity index (χ0) is 13.0. The lowest BCUT2D eigenvalue weighted by molar-refractivity contribution is -0.143. The Kier molecular flexibility index (Phi) is 4.69. The molecule has 0 aromatic rings. The molecule has 1 aliphatic heterocycles. The van der Waals surface area contributed by atoms with Gasteiger partial charge in [-0.05, 0) is 20.8 Å². The Balaban J connectivity index is 2.48. The molecule has 17 heavy (non-hydrogen) atoms. The second kappa shape index (κ2) is 5.82. The van der Waals surface area contributed by atoms with Gasteiger partial charge >= 0.3 is 5.97 Å². The number of allylic oxidation sites excluding steroid dienone is 1. The Morgan fingerprint density at radius 1 is 1.18 bits per heavy atom. The van der Waals surface area contributed by atoms with E-state index in [1.165, 1.54) is 0 Å². The van der Waals surface area contributed by atoms with Gasteiger partial charge in [0.15, 0.2) is 0 Å². The summed E-state index contributed by atoms with van der Waals surface area (Å²) in [6.07, 6.45) is 1.62. The lowest BCUT2D eigenvalue weighted by atomic mass is 10.2. The zero-order valence-corrected chi connectivity index (χ0v) is 10.6. The third kappa shape index (κ3) is 3.85. The molecule has 0 aromatic carbocycles. The number of rotatable bonds is 3. The van der Waals surface area contributed by atoms with Crippen molar-refractivity contribution in [2.75, 3.05) is 26.2 Å². The average Bonchev–Trinajstić information content (AvgIpc) is 2.27. The summed E-state index contributed by atoms with van der Waals surface area (Å²) in [6, 6.07) is -0.476. The molecule has 0 radical (unpaired) electrons. The van der Waals surface area contributed by atoms with E-state index >= 15 is 0 Å². The second-order valence-electron chi connectivity index (χ2n) is 4.60. The van der Waals surface area contributed by atoms with Gasteiger partial charge in [-0.25, -0.2) is 0 Å². The lowest BCUT2D eigenvalue weighted by Gasteiger charge is -2.36. The zero-order valence-electron chi connectivity index (χ0n) is 10.6. The second-order valence-corrected chi connectivity index (χ2v) is 4.60. The summed E-state index contributed by atoms with van der Waals surface area (Å²) in [5.41, 5.74) is 0.983. The molecule has 1 saturated heterocycles. The van der Waals surface area contributed by atoms with E-state index in [-0.39, 0.29) is 5.91 Å². The van der Waals surface area contributed by atoms with Crippen molar-refractivity contribution in [2.45, 2.75) is 26.8 Å². The van der Waals surface area contributed by atoms with E-state index in [0.717, 1.165) is 5.57 Å². The normalized spacial score (nSPS) is 18.6. The van der Waals surface area contributed by atoms with Crippen molar-refractivity contribution in [1.82, 2.24) is 9.80 Å². The number of carbonyl (C=O) groups excluding carboxylic acids is 1. The largest absolute Gasteiger partial charge is 0.480 e. The monoisotopic (exact) mass is 240 g/mol. The molecule has 0 bridgehead atoms. The maximum Gasteiger partial charge on any atom is 0.320 e. The molecule has 1 unspecified atom stereocenters. The number of carboxylic acids is 1. The minimum Gasteiger partial charge on any atom is -0.480 e. The first-order chi connectivity index (χ1) is 7.91. The molecular formula is C12H20N2O3. The van der Waals surface area contributed by atoms with Crippen LogP contribution >= 0.6 is 0 Å². The number of amides is 1. The first-order valence-electron chi connectivity index (χ1n) is 5.82. The summed E-state index contributed by atoms with van der Waals surface area (Å²) in [6.45, 7) is 7.89. The molecule has 1 rings (SSSR count). The van der Waals surface area contributed by atoms with Gasteiger partial charge in [0.1, 0.15) is 6.04 Å². The third-order valence-corrected chi connectivity index (χ3v) is 2.94. The molecular weight excluding hydrogens is 220 g/mol. The van der Waals surface area contributed by atoms with Gasteiger partial charge in [-0.2, -0.15) is 0 Å². The highest BCUT2D eigenvalue weighted by molar-refractivity contribution is 5.88. The number of carbonyl (C=O) groups is 2. The van der Waals surface area contributed by atoms with Gasteiger partial charge in [-0.3, -0.25) is 14.5 Å². The highest BCUT2D eigenvalue weighted by Gasteiger charge is 2.26. The molecule has 1 N–H and O–H groups in total. The van der Waals surface area contributed by atoms with Gasteiger partial charge in [-0.15, -0.1) is 0 Å². The fraction of sp³-hybridized carbons (Fsp3) is 0.667. The SMILES string of the molecule is CC(C)=CC(=O)N1CCN(C(C)C(=O)O)CC1. The number of nitrogens with zero attached hydrogens (tertiary/aromatic N) is 2.